The monoisotopic (exact) mass is 487 g/mol. The largest absolute Gasteiger partial charge is 0.492 e. The number of hydrogen-bond acceptors (Lipinski definition) is 5. The van der Waals surface area contributed by atoms with Crippen LogP contribution in [0.2, 0.25) is 5.02 Å². The maximum absolute atomic E-state index is 13.4. The summed E-state index contributed by atoms with van der Waals surface area (Å²) in [4.78, 5) is 12.2. The molecule has 1 aliphatic rings. The second kappa shape index (κ2) is 10.1. The smallest absolute Gasteiger partial charge is 0.416 e. The summed E-state index contributed by atoms with van der Waals surface area (Å²) in [5.74, 6) is -0.179. The lowest BCUT2D eigenvalue weighted by atomic mass is 9.97. The Labute approximate surface area is 193 Å². The van der Waals surface area contributed by atoms with Crippen LogP contribution in [0.15, 0.2) is 36.4 Å². The summed E-state index contributed by atoms with van der Waals surface area (Å²) < 4.78 is 57.0. The Morgan fingerprint density at radius 2 is 1.94 bits per heavy atom. The topological polar surface area (TPSA) is 56.8 Å². The van der Waals surface area contributed by atoms with E-state index < -0.39 is 29.9 Å². The lowest BCUT2D eigenvalue weighted by Gasteiger charge is -2.24. The standard InChI is InChI=1S/C22H21ClF3NO4S/c1-3-29-16-7-5-6-13(19(16)23)20-14-10-12(22(24,25)26)8-9-15(14)27-21(32)17(31-20)11-18(28)30-4-2/h5-10,17,20H,3-4,11H2,1-2H3,(H,27,32)/t17-,20-/m1/s1. The Morgan fingerprint density at radius 1 is 1.19 bits per heavy atom. The second-order valence-electron chi connectivity index (χ2n) is 6.90. The number of nitrogens with one attached hydrogen (secondary N) is 1. The van der Waals surface area contributed by atoms with Crippen molar-refractivity contribution in [2.45, 2.75) is 38.7 Å². The Bertz CT molecular complexity index is 1020. The number of ether oxygens (including phenoxy) is 3. The Balaban J connectivity index is 2.13. The molecule has 1 heterocycles. The van der Waals surface area contributed by atoms with Crippen molar-refractivity contribution in [3.05, 3.63) is 58.1 Å². The molecule has 0 unspecified atom stereocenters. The summed E-state index contributed by atoms with van der Waals surface area (Å²) in [5.41, 5.74) is 0.0540. The minimum atomic E-state index is -4.56. The van der Waals surface area contributed by atoms with E-state index in [2.05, 4.69) is 5.32 Å². The van der Waals surface area contributed by atoms with Gasteiger partial charge in [-0.2, -0.15) is 13.2 Å². The predicted octanol–water partition coefficient (Wildman–Crippen LogP) is 5.94. The third-order valence-corrected chi connectivity index (χ3v) is 5.51. The number of alkyl halides is 3. The van der Waals surface area contributed by atoms with Gasteiger partial charge in [0, 0.05) is 16.8 Å². The van der Waals surface area contributed by atoms with Crippen molar-refractivity contribution in [1.82, 2.24) is 0 Å². The lowest BCUT2D eigenvalue weighted by molar-refractivity contribution is -0.145. The van der Waals surface area contributed by atoms with E-state index >= 15 is 0 Å². The van der Waals surface area contributed by atoms with E-state index in [1.807, 2.05) is 0 Å². The van der Waals surface area contributed by atoms with Crippen LogP contribution in [0.4, 0.5) is 18.9 Å². The molecule has 172 valence electrons. The molecule has 10 heteroatoms. The molecule has 3 rings (SSSR count). The van der Waals surface area contributed by atoms with E-state index in [1.165, 1.54) is 6.07 Å². The first kappa shape index (κ1) is 24.3. The summed E-state index contributed by atoms with van der Waals surface area (Å²) >= 11 is 11.9. The maximum Gasteiger partial charge on any atom is 0.416 e. The van der Waals surface area contributed by atoms with Crippen LogP contribution in [-0.4, -0.2) is 30.3 Å². The zero-order valence-corrected chi connectivity index (χ0v) is 18.9. The first-order valence-corrected chi connectivity index (χ1v) is 10.7. The Morgan fingerprint density at radius 3 is 2.59 bits per heavy atom. The highest BCUT2D eigenvalue weighted by atomic mass is 35.5. The van der Waals surface area contributed by atoms with Crippen molar-refractivity contribution in [3.63, 3.8) is 0 Å². The van der Waals surface area contributed by atoms with Crippen LogP contribution >= 0.6 is 23.8 Å². The van der Waals surface area contributed by atoms with Crippen LogP contribution in [0.25, 0.3) is 0 Å². The molecule has 0 saturated carbocycles. The number of carbonyl (C=O) groups excluding carboxylic acids is 1. The quantitative estimate of drug-likeness (QED) is 0.402. The zero-order valence-electron chi connectivity index (χ0n) is 17.3. The van der Waals surface area contributed by atoms with E-state index in [-0.39, 0.29) is 28.6 Å². The lowest BCUT2D eigenvalue weighted by Crippen LogP contribution is -2.31. The second-order valence-corrected chi connectivity index (χ2v) is 7.71. The molecule has 1 aliphatic heterocycles. The molecule has 1 N–H and O–H groups in total. The minimum Gasteiger partial charge on any atom is -0.492 e. The number of fused-ring (bicyclic) bond motifs is 1. The molecule has 2 aromatic carbocycles. The van der Waals surface area contributed by atoms with Crippen LogP contribution in [0, 0.1) is 0 Å². The number of thiocarbonyl (C=S) groups is 1. The average Bonchev–Trinajstić information content (AvgIpc) is 2.85. The van der Waals surface area contributed by atoms with Gasteiger partial charge in [0.25, 0.3) is 0 Å². The van der Waals surface area contributed by atoms with E-state index in [0.29, 0.717) is 23.6 Å². The van der Waals surface area contributed by atoms with Gasteiger partial charge in [0.1, 0.15) is 22.9 Å². The van der Waals surface area contributed by atoms with E-state index in [0.717, 1.165) is 12.1 Å². The molecule has 2 aromatic rings. The molecule has 0 amide bonds. The zero-order chi connectivity index (χ0) is 23.5. The minimum absolute atomic E-state index is 0.152. The molecule has 5 nitrogen and oxygen atoms in total. The SMILES string of the molecule is CCOC(=O)C[C@H]1O[C@H](c2cccc(OCC)c2Cl)c2cc(C(F)(F)F)ccc2NC1=S. The van der Waals surface area contributed by atoms with Gasteiger partial charge >= 0.3 is 12.1 Å². The normalized spacial score (nSPS) is 18.4. The molecule has 0 radical (unpaired) electrons. The molecule has 0 aliphatic carbocycles. The fraction of sp³-hybridized carbons (Fsp3) is 0.364. The number of halogens is 4. The van der Waals surface area contributed by atoms with Gasteiger partial charge in [-0.1, -0.05) is 36.0 Å². The fourth-order valence-electron chi connectivity index (χ4n) is 3.33. The third kappa shape index (κ3) is 5.33. The van der Waals surface area contributed by atoms with Crippen LogP contribution in [-0.2, 0) is 20.4 Å². The van der Waals surface area contributed by atoms with E-state index in [4.69, 9.17) is 38.0 Å². The maximum atomic E-state index is 13.4. The van der Waals surface area contributed by atoms with E-state index in [9.17, 15) is 18.0 Å². The summed E-state index contributed by atoms with van der Waals surface area (Å²) in [5, 5.41) is 3.11. The van der Waals surface area contributed by atoms with Gasteiger partial charge in [-0.15, -0.1) is 0 Å². The molecule has 0 fully saturated rings. The first-order valence-electron chi connectivity index (χ1n) is 9.90. The molecule has 2 atom stereocenters. The number of carbonyl (C=O) groups is 1. The fourth-order valence-corrected chi connectivity index (χ4v) is 3.86. The van der Waals surface area contributed by atoms with Crippen molar-refractivity contribution in [3.8, 4) is 5.75 Å². The van der Waals surface area contributed by atoms with Crippen molar-refractivity contribution in [2.24, 2.45) is 0 Å². The average molecular weight is 488 g/mol. The summed E-state index contributed by atoms with van der Waals surface area (Å²) in [7, 11) is 0. The van der Waals surface area contributed by atoms with Crippen LogP contribution in [0.3, 0.4) is 0 Å². The van der Waals surface area contributed by atoms with Gasteiger partial charge in [0.2, 0.25) is 0 Å². The Kier molecular flexibility index (Phi) is 7.63. The van der Waals surface area contributed by atoms with Crippen LogP contribution < -0.4 is 10.1 Å². The molecular weight excluding hydrogens is 467 g/mol. The van der Waals surface area contributed by atoms with Gasteiger partial charge in [0.15, 0.2) is 0 Å². The highest BCUT2D eigenvalue weighted by molar-refractivity contribution is 7.80. The number of hydrogen-bond donors (Lipinski definition) is 1. The van der Waals surface area contributed by atoms with Crippen molar-refractivity contribution < 1.29 is 32.2 Å². The molecule has 0 bridgehead atoms. The number of esters is 1. The molecule has 0 saturated heterocycles. The highest BCUT2D eigenvalue weighted by Gasteiger charge is 2.36. The van der Waals surface area contributed by atoms with Crippen molar-refractivity contribution in [2.75, 3.05) is 18.5 Å². The van der Waals surface area contributed by atoms with Gasteiger partial charge in [0.05, 0.1) is 30.2 Å². The van der Waals surface area contributed by atoms with Gasteiger partial charge in [-0.05, 0) is 38.1 Å². The van der Waals surface area contributed by atoms with Crippen LogP contribution in [0.1, 0.15) is 43.1 Å². The van der Waals surface area contributed by atoms with Gasteiger partial charge < -0.3 is 19.5 Å². The molecular formula is C22H21ClF3NO4S. The van der Waals surface area contributed by atoms with Crippen molar-refractivity contribution in [1.29, 1.82) is 0 Å². The van der Waals surface area contributed by atoms with Crippen molar-refractivity contribution >= 4 is 40.5 Å². The van der Waals surface area contributed by atoms with E-state index in [1.54, 1.807) is 32.0 Å². The summed E-state index contributed by atoms with van der Waals surface area (Å²) in [6.45, 7) is 3.97. The predicted molar refractivity (Wildman–Crippen MR) is 118 cm³/mol. The number of benzene rings is 2. The van der Waals surface area contributed by atoms with Gasteiger partial charge in [-0.25, -0.2) is 0 Å². The molecule has 0 aromatic heterocycles. The summed E-state index contributed by atoms with van der Waals surface area (Å²) in [6.07, 6.45) is -6.76. The first-order chi connectivity index (χ1) is 15.2. The number of rotatable bonds is 6. The highest BCUT2D eigenvalue weighted by Crippen LogP contribution is 2.43. The van der Waals surface area contributed by atoms with Gasteiger partial charge in [-0.3, -0.25) is 4.79 Å². The number of anilines is 1. The van der Waals surface area contributed by atoms with Crippen LogP contribution in [0.5, 0.6) is 5.75 Å². The third-order valence-electron chi connectivity index (χ3n) is 4.74. The summed E-state index contributed by atoms with van der Waals surface area (Å²) in [6, 6.07) is 8.18. The molecule has 32 heavy (non-hydrogen) atoms. The molecule has 0 spiro atoms. The Hall–Kier alpha value is -2.36.